The van der Waals surface area contributed by atoms with E-state index in [1.807, 2.05) is 13.0 Å². The van der Waals surface area contributed by atoms with E-state index in [0.717, 1.165) is 30.2 Å². The second-order valence-electron chi connectivity index (χ2n) is 4.46. The molecule has 0 bridgehead atoms. The van der Waals surface area contributed by atoms with Gasteiger partial charge in [-0.05, 0) is 48.1 Å². The van der Waals surface area contributed by atoms with E-state index in [-0.39, 0.29) is 5.69 Å². The van der Waals surface area contributed by atoms with Gasteiger partial charge in [-0.25, -0.2) is 4.79 Å². The number of rotatable bonds is 3. The van der Waals surface area contributed by atoms with Gasteiger partial charge in [0.05, 0.1) is 0 Å². The third-order valence-corrected chi connectivity index (χ3v) is 3.49. The maximum Gasteiger partial charge on any atom is 0.359 e. The van der Waals surface area contributed by atoms with Crippen LogP contribution in [0.3, 0.4) is 0 Å². The van der Waals surface area contributed by atoms with Crippen LogP contribution in [0.5, 0.6) is 0 Å². The third kappa shape index (κ3) is 1.90. The van der Waals surface area contributed by atoms with Crippen molar-refractivity contribution in [2.45, 2.75) is 40.0 Å². The molecule has 0 spiro atoms. The summed E-state index contributed by atoms with van der Waals surface area (Å²) in [6.07, 6.45) is 2.65. The molecule has 2 N–H and O–H groups in total. The first-order chi connectivity index (χ1) is 8.62. The van der Waals surface area contributed by atoms with Gasteiger partial charge in [0.25, 0.3) is 0 Å². The molecule has 0 radical (unpaired) electrons. The minimum Gasteiger partial charge on any atom is -0.421 e. The van der Waals surface area contributed by atoms with Gasteiger partial charge in [0, 0.05) is 5.39 Å². The Kier molecular flexibility index (Phi) is 3.41. The zero-order valence-corrected chi connectivity index (χ0v) is 11.2. The van der Waals surface area contributed by atoms with Crippen LogP contribution < -0.4 is 11.4 Å². The zero-order valence-electron chi connectivity index (χ0n) is 11.2. The van der Waals surface area contributed by atoms with Crippen LogP contribution in [0.25, 0.3) is 11.0 Å². The lowest BCUT2D eigenvalue weighted by molar-refractivity contribution is 0.562. The zero-order chi connectivity index (χ0) is 13.3. The Balaban J connectivity index is 2.88. The van der Waals surface area contributed by atoms with Crippen molar-refractivity contribution in [2.24, 2.45) is 0 Å². The summed E-state index contributed by atoms with van der Waals surface area (Å²) in [7, 11) is 0. The van der Waals surface area contributed by atoms with Crippen molar-refractivity contribution in [1.29, 1.82) is 0 Å². The molecular weight excluding hydrogens is 226 g/mol. The monoisotopic (exact) mass is 245 g/mol. The molecule has 2 rings (SSSR count). The lowest BCUT2D eigenvalue weighted by atomic mass is 9.97. The van der Waals surface area contributed by atoms with Gasteiger partial charge >= 0.3 is 5.63 Å². The molecule has 0 amide bonds. The van der Waals surface area contributed by atoms with Crippen molar-refractivity contribution < 1.29 is 4.42 Å². The standard InChI is InChI=1S/C15H19NO2/c1-4-9-7-12-11(6-3)14(16)15(17)18-13(12)8-10(9)5-2/h7-8H,4-6,16H2,1-3H3. The lowest BCUT2D eigenvalue weighted by Crippen LogP contribution is -2.10. The number of hydrogen-bond donors (Lipinski definition) is 1. The highest BCUT2D eigenvalue weighted by Crippen LogP contribution is 2.26. The molecule has 3 nitrogen and oxygen atoms in total. The molecular formula is C15H19NO2. The number of nitrogen functional groups attached to an aromatic ring is 1. The van der Waals surface area contributed by atoms with Crippen molar-refractivity contribution in [3.05, 3.63) is 39.2 Å². The summed E-state index contributed by atoms with van der Waals surface area (Å²) in [6, 6.07) is 4.10. The summed E-state index contributed by atoms with van der Waals surface area (Å²) < 4.78 is 5.30. The van der Waals surface area contributed by atoms with E-state index in [1.165, 1.54) is 11.1 Å². The Morgan fingerprint density at radius 1 is 1.06 bits per heavy atom. The maximum absolute atomic E-state index is 11.7. The van der Waals surface area contributed by atoms with Crippen molar-refractivity contribution in [3.8, 4) is 0 Å². The molecule has 18 heavy (non-hydrogen) atoms. The van der Waals surface area contributed by atoms with Crippen molar-refractivity contribution in [1.82, 2.24) is 0 Å². The predicted molar refractivity (Wildman–Crippen MR) is 75.0 cm³/mol. The van der Waals surface area contributed by atoms with Crippen LogP contribution in [0.2, 0.25) is 0 Å². The highest BCUT2D eigenvalue weighted by Gasteiger charge is 2.12. The molecule has 0 atom stereocenters. The normalized spacial score (nSPS) is 11.1. The third-order valence-electron chi connectivity index (χ3n) is 3.49. The van der Waals surface area contributed by atoms with Crippen LogP contribution in [0, 0.1) is 0 Å². The Bertz CT molecular complexity index is 641. The Hall–Kier alpha value is -1.77. The summed E-state index contributed by atoms with van der Waals surface area (Å²) in [5.74, 6) is 0. The van der Waals surface area contributed by atoms with Gasteiger partial charge in [0.2, 0.25) is 0 Å². The average molecular weight is 245 g/mol. The summed E-state index contributed by atoms with van der Waals surface area (Å²) in [5.41, 5.74) is 9.73. The summed E-state index contributed by atoms with van der Waals surface area (Å²) in [4.78, 5) is 11.7. The first-order valence-electron chi connectivity index (χ1n) is 6.49. The van der Waals surface area contributed by atoms with E-state index < -0.39 is 5.63 Å². The van der Waals surface area contributed by atoms with Crippen LogP contribution in [-0.4, -0.2) is 0 Å². The number of nitrogens with two attached hydrogens (primary N) is 1. The topological polar surface area (TPSA) is 56.2 Å². The molecule has 0 aliphatic carbocycles. The smallest absolute Gasteiger partial charge is 0.359 e. The van der Waals surface area contributed by atoms with E-state index in [0.29, 0.717) is 5.58 Å². The van der Waals surface area contributed by atoms with E-state index >= 15 is 0 Å². The summed E-state index contributed by atoms with van der Waals surface area (Å²) >= 11 is 0. The van der Waals surface area contributed by atoms with E-state index in [4.69, 9.17) is 10.2 Å². The fourth-order valence-electron chi connectivity index (χ4n) is 2.45. The highest BCUT2D eigenvalue weighted by atomic mass is 16.4. The van der Waals surface area contributed by atoms with Gasteiger partial charge in [0.15, 0.2) is 0 Å². The van der Waals surface area contributed by atoms with Crippen LogP contribution in [0.15, 0.2) is 21.3 Å². The highest BCUT2D eigenvalue weighted by molar-refractivity contribution is 5.85. The first-order valence-corrected chi connectivity index (χ1v) is 6.49. The molecule has 0 fully saturated rings. The van der Waals surface area contributed by atoms with Crippen molar-refractivity contribution >= 4 is 16.7 Å². The largest absolute Gasteiger partial charge is 0.421 e. The molecule has 96 valence electrons. The van der Waals surface area contributed by atoms with E-state index in [1.54, 1.807) is 0 Å². The Morgan fingerprint density at radius 3 is 2.22 bits per heavy atom. The van der Waals surface area contributed by atoms with E-state index in [2.05, 4.69) is 19.9 Å². The number of aryl methyl sites for hydroxylation is 3. The average Bonchev–Trinajstić information content (AvgIpc) is 2.39. The fourth-order valence-corrected chi connectivity index (χ4v) is 2.45. The van der Waals surface area contributed by atoms with Crippen LogP contribution in [0.4, 0.5) is 5.69 Å². The molecule has 3 heteroatoms. The maximum atomic E-state index is 11.7. The van der Waals surface area contributed by atoms with Crippen molar-refractivity contribution in [3.63, 3.8) is 0 Å². The molecule has 0 aliphatic rings. The lowest BCUT2D eigenvalue weighted by Gasteiger charge is -2.11. The van der Waals surface area contributed by atoms with Crippen LogP contribution >= 0.6 is 0 Å². The molecule has 1 aromatic carbocycles. The van der Waals surface area contributed by atoms with Crippen LogP contribution in [-0.2, 0) is 19.3 Å². The molecule has 0 unspecified atom stereocenters. The molecule has 1 heterocycles. The van der Waals surface area contributed by atoms with Gasteiger partial charge in [-0.15, -0.1) is 0 Å². The minimum atomic E-state index is -0.425. The molecule has 0 aliphatic heterocycles. The summed E-state index contributed by atoms with van der Waals surface area (Å²) in [5, 5.41) is 0.976. The van der Waals surface area contributed by atoms with Gasteiger partial charge < -0.3 is 10.2 Å². The van der Waals surface area contributed by atoms with Crippen LogP contribution in [0.1, 0.15) is 37.5 Å². The predicted octanol–water partition coefficient (Wildman–Crippen LogP) is 3.06. The van der Waals surface area contributed by atoms with E-state index in [9.17, 15) is 4.79 Å². The fraction of sp³-hybridized carbons (Fsp3) is 0.400. The number of fused-ring (bicyclic) bond motifs is 1. The summed E-state index contributed by atoms with van der Waals surface area (Å²) in [6.45, 7) is 6.24. The number of anilines is 1. The molecule has 0 saturated heterocycles. The van der Waals surface area contributed by atoms with Crippen molar-refractivity contribution in [2.75, 3.05) is 5.73 Å². The quantitative estimate of drug-likeness (QED) is 0.845. The van der Waals surface area contributed by atoms with Gasteiger partial charge in [-0.2, -0.15) is 0 Å². The van der Waals surface area contributed by atoms with Gasteiger partial charge in [-0.3, -0.25) is 0 Å². The Labute approximate surface area is 107 Å². The van der Waals surface area contributed by atoms with Gasteiger partial charge in [-0.1, -0.05) is 20.8 Å². The Morgan fingerprint density at radius 2 is 1.67 bits per heavy atom. The minimum absolute atomic E-state index is 0.247. The number of hydrogen-bond acceptors (Lipinski definition) is 3. The molecule has 2 aromatic rings. The van der Waals surface area contributed by atoms with Gasteiger partial charge in [0.1, 0.15) is 11.3 Å². The SMILES string of the molecule is CCc1cc2oc(=O)c(N)c(CC)c2cc1CC. The molecule has 1 aromatic heterocycles. The molecule has 0 saturated carbocycles. The second kappa shape index (κ2) is 4.84. The second-order valence-corrected chi connectivity index (χ2v) is 4.46. The number of benzene rings is 1. The first kappa shape index (κ1) is 12.7.